The minimum Gasteiger partial charge on any atom is -0.275 e. The molecule has 0 amide bonds. The molecule has 2 nitrogen and oxygen atoms in total. The summed E-state index contributed by atoms with van der Waals surface area (Å²) < 4.78 is 1.78. The normalized spacial score (nSPS) is 12.3. The van der Waals surface area contributed by atoms with Crippen molar-refractivity contribution in [3.05, 3.63) is 48.8 Å². The van der Waals surface area contributed by atoms with Crippen molar-refractivity contribution in [2.75, 3.05) is 0 Å². The van der Waals surface area contributed by atoms with Crippen LogP contribution >= 0.6 is 0 Å². The van der Waals surface area contributed by atoms with E-state index in [-0.39, 0.29) is 0 Å². The molecule has 0 aromatic carbocycles. The van der Waals surface area contributed by atoms with Gasteiger partial charge in [0.05, 0.1) is 5.69 Å². The van der Waals surface area contributed by atoms with Crippen LogP contribution < -0.4 is 0 Å². The highest BCUT2D eigenvalue weighted by molar-refractivity contribution is 5.72. The van der Waals surface area contributed by atoms with Crippen molar-refractivity contribution in [1.82, 2.24) is 9.78 Å². The first-order chi connectivity index (χ1) is 6.27. The second-order valence-electron chi connectivity index (χ2n) is 2.73. The van der Waals surface area contributed by atoms with Crippen LogP contribution in [0.5, 0.6) is 0 Å². The standard InChI is InChI=1S/C11H14N2/c1-4-6-7-10(5-2)11-8-9-13(3)12-11/h4-9H,2H2,1,3H3/b6-4-,10-7+. The molecule has 0 unspecified atom stereocenters. The van der Waals surface area contributed by atoms with Gasteiger partial charge in [-0.2, -0.15) is 5.10 Å². The fourth-order valence-corrected chi connectivity index (χ4v) is 1.03. The number of hydrogen-bond acceptors (Lipinski definition) is 1. The van der Waals surface area contributed by atoms with Gasteiger partial charge in [0.2, 0.25) is 0 Å². The van der Waals surface area contributed by atoms with Crippen molar-refractivity contribution < 1.29 is 0 Å². The highest BCUT2D eigenvalue weighted by Crippen LogP contribution is 2.12. The quantitative estimate of drug-likeness (QED) is 0.644. The number of allylic oxidation sites excluding steroid dienone is 5. The molecule has 2 heteroatoms. The number of aryl methyl sites for hydroxylation is 1. The van der Waals surface area contributed by atoms with Crippen LogP contribution in [-0.4, -0.2) is 9.78 Å². The van der Waals surface area contributed by atoms with Gasteiger partial charge in [0.1, 0.15) is 0 Å². The predicted octanol–water partition coefficient (Wildman–Crippen LogP) is 2.57. The summed E-state index contributed by atoms with van der Waals surface area (Å²) in [6.45, 7) is 5.73. The third-order valence-electron chi connectivity index (χ3n) is 1.70. The lowest BCUT2D eigenvalue weighted by atomic mass is 10.2. The van der Waals surface area contributed by atoms with Crippen molar-refractivity contribution in [1.29, 1.82) is 0 Å². The van der Waals surface area contributed by atoms with Gasteiger partial charge in [0, 0.05) is 18.8 Å². The van der Waals surface area contributed by atoms with Crippen LogP contribution in [0.25, 0.3) is 5.57 Å². The predicted molar refractivity (Wildman–Crippen MR) is 56.2 cm³/mol. The Morgan fingerprint density at radius 2 is 2.38 bits per heavy atom. The van der Waals surface area contributed by atoms with E-state index in [1.807, 2.05) is 50.5 Å². The van der Waals surface area contributed by atoms with E-state index in [0.717, 1.165) is 11.3 Å². The van der Waals surface area contributed by atoms with E-state index >= 15 is 0 Å². The Bertz CT molecular complexity index is 343. The van der Waals surface area contributed by atoms with Gasteiger partial charge < -0.3 is 0 Å². The molecule has 0 aliphatic heterocycles. The molecule has 0 bridgehead atoms. The number of aromatic nitrogens is 2. The Labute approximate surface area is 78.9 Å². The summed E-state index contributed by atoms with van der Waals surface area (Å²) in [4.78, 5) is 0. The van der Waals surface area contributed by atoms with Crippen LogP contribution in [0.15, 0.2) is 43.1 Å². The highest BCUT2D eigenvalue weighted by Gasteiger charge is 1.98. The molecule has 13 heavy (non-hydrogen) atoms. The van der Waals surface area contributed by atoms with Crippen molar-refractivity contribution in [3.63, 3.8) is 0 Å². The van der Waals surface area contributed by atoms with Crippen LogP contribution in [0.3, 0.4) is 0 Å². The summed E-state index contributed by atoms with van der Waals surface area (Å²) in [6, 6.07) is 1.97. The van der Waals surface area contributed by atoms with Gasteiger partial charge >= 0.3 is 0 Å². The fourth-order valence-electron chi connectivity index (χ4n) is 1.03. The Balaban J connectivity index is 2.96. The summed E-state index contributed by atoms with van der Waals surface area (Å²) in [5.41, 5.74) is 1.99. The molecular formula is C11H14N2. The molecule has 0 N–H and O–H groups in total. The van der Waals surface area contributed by atoms with E-state index in [1.54, 1.807) is 4.68 Å². The van der Waals surface area contributed by atoms with E-state index < -0.39 is 0 Å². The molecule has 68 valence electrons. The molecule has 0 aliphatic carbocycles. The van der Waals surface area contributed by atoms with Crippen LogP contribution in [-0.2, 0) is 7.05 Å². The monoisotopic (exact) mass is 174 g/mol. The van der Waals surface area contributed by atoms with Crippen LogP contribution in [0.2, 0.25) is 0 Å². The lowest BCUT2D eigenvalue weighted by Crippen LogP contribution is -1.89. The van der Waals surface area contributed by atoms with Gasteiger partial charge in [-0.05, 0) is 13.0 Å². The Morgan fingerprint density at radius 3 is 2.85 bits per heavy atom. The van der Waals surface area contributed by atoms with Crippen molar-refractivity contribution in [2.24, 2.45) is 7.05 Å². The van der Waals surface area contributed by atoms with E-state index in [4.69, 9.17) is 0 Å². The molecule has 0 radical (unpaired) electrons. The molecule has 0 saturated carbocycles. The minimum absolute atomic E-state index is 0.954. The maximum Gasteiger partial charge on any atom is 0.0922 e. The van der Waals surface area contributed by atoms with Gasteiger partial charge in [-0.25, -0.2) is 0 Å². The molecule has 0 fully saturated rings. The summed E-state index contributed by atoms with van der Waals surface area (Å²) in [5.74, 6) is 0. The first-order valence-corrected chi connectivity index (χ1v) is 4.23. The summed E-state index contributed by atoms with van der Waals surface area (Å²) in [6.07, 6.45) is 9.68. The van der Waals surface area contributed by atoms with Crippen LogP contribution in [0, 0.1) is 0 Å². The number of rotatable bonds is 3. The lowest BCUT2D eigenvalue weighted by molar-refractivity contribution is 0.763. The zero-order chi connectivity index (χ0) is 9.68. The first kappa shape index (κ1) is 9.52. The molecular weight excluding hydrogens is 160 g/mol. The SMILES string of the molecule is C=C/C(=C\C=C/C)c1ccn(C)n1. The molecule has 0 saturated heterocycles. The Morgan fingerprint density at radius 1 is 1.62 bits per heavy atom. The first-order valence-electron chi connectivity index (χ1n) is 4.23. The molecule has 0 aliphatic rings. The zero-order valence-electron chi connectivity index (χ0n) is 8.07. The molecule has 0 atom stereocenters. The van der Waals surface area contributed by atoms with Crippen LogP contribution in [0.4, 0.5) is 0 Å². The van der Waals surface area contributed by atoms with E-state index in [9.17, 15) is 0 Å². The average Bonchev–Trinajstić information content (AvgIpc) is 2.54. The minimum atomic E-state index is 0.954. The zero-order valence-corrected chi connectivity index (χ0v) is 8.07. The fraction of sp³-hybridized carbons (Fsp3) is 0.182. The molecule has 0 spiro atoms. The summed E-state index contributed by atoms with van der Waals surface area (Å²) in [5, 5.41) is 4.28. The molecule has 1 heterocycles. The lowest BCUT2D eigenvalue weighted by Gasteiger charge is -1.93. The summed E-state index contributed by atoms with van der Waals surface area (Å²) in [7, 11) is 1.90. The molecule has 1 aromatic heterocycles. The van der Waals surface area contributed by atoms with Gasteiger partial charge in [-0.3, -0.25) is 4.68 Å². The number of hydrogen-bond donors (Lipinski definition) is 0. The second kappa shape index (κ2) is 4.45. The second-order valence-corrected chi connectivity index (χ2v) is 2.73. The maximum absolute atomic E-state index is 4.28. The van der Waals surface area contributed by atoms with Crippen LogP contribution in [0.1, 0.15) is 12.6 Å². The van der Waals surface area contributed by atoms with Crippen molar-refractivity contribution in [2.45, 2.75) is 6.92 Å². The largest absolute Gasteiger partial charge is 0.275 e. The van der Waals surface area contributed by atoms with Gasteiger partial charge in [0.15, 0.2) is 0 Å². The Kier molecular flexibility index (Phi) is 3.26. The smallest absolute Gasteiger partial charge is 0.0922 e. The van der Waals surface area contributed by atoms with Gasteiger partial charge in [-0.1, -0.05) is 30.9 Å². The number of nitrogens with zero attached hydrogens (tertiary/aromatic N) is 2. The van der Waals surface area contributed by atoms with E-state index in [0.29, 0.717) is 0 Å². The average molecular weight is 174 g/mol. The highest BCUT2D eigenvalue weighted by atomic mass is 15.2. The molecule has 1 rings (SSSR count). The van der Waals surface area contributed by atoms with Gasteiger partial charge in [-0.15, -0.1) is 0 Å². The third kappa shape index (κ3) is 2.44. The maximum atomic E-state index is 4.28. The summed E-state index contributed by atoms with van der Waals surface area (Å²) >= 11 is 0. The van der Waals surface area contributed by atoms with E-state index in [2.05, 4.69) is 11.7 Å². The topological polar surface area (TPSA) is 17.8 Å². The molecule has 1 aromatic rings. The van der Waals surface area contributed by atoms with E-state index in [1.165, 1.54) is 0 Å². The third-order valence-corrected chi connectivity index (χ3v) is 1.70. The van der Waals surface area contributed by atoms with Gasteiger partial charge in [0.25, 0.3) is 0 Å². The van der Waals surface area contributed by atoms with Crippen molar-refractivity contribution in [3.8, 4) is 0 Å². The van der Waals surface area contributed by atoms with Crippen molar-refractivity contribution >= 4 is 5.57 Å². The Hall–Kier alpha value is -1.57.